The van der Waals surface area contributed by atoms with Crippen molar-refractivity contribution < 1.29 is 0 Å². The van der Waals surface area contributed by atoms with Crippen LogP contribution in [0.5, 0.6) is 0 Å². The lowest BCUT2D eigenvalue weighted by Gasteiger charge is -2.28. The van der Waals surface area contributed by atoms with Gasteiger partial charge in [-0.25, -0.2) is 0 Å². The van der Waals surface area contributed by atoms with E-state index in [1.54, 1.807) is 0 Å². The van der Waals surface area contributed by atoms with Gasteiger partial charge in [-0.1, -0.05) is 188 Å². The zero-order valence-electron chi connectivity index (χ0n) is 35.4. The van der Waals surface area contributed by atoms with Crippen molar-refractivity contribution in [2.24, 2.45) is 0 Å². The fraction of sp³-hybridized carbons (Fsp3) is 0. The second-order valence-electron chi connectivity index (χ2n) is 17.2. The highest BCUT2D eigenvalue weighted by molar-refractivity contribution is 6.25. The molecule has 0 amide bonds. The summed E-state index contributed by atoms with van der Waals surface area (Å²) in [6, 6.07) is 86.9. The van der Waals surface area contributed by atoms with Gasteiger partial charge in [-0.05, 0) is 103 Å². The van der Waals surface area contributed by atoms with Crippen LogP contribution in [0.15, 0.2) is 237 Å². The maximum Gasteiger partial charge on any atom is 0.131 e. The average molecular weight is 826 g/mol. The Hall–Kier alpha value is -8.66. The zero-order chi connectivity index (χ0) is 42.6. The highest BCUT2D eigenvalue weighted by atomic mass is 15.1. The molecule has 0 radical (unpaired) electrons. The molecule has 11 aromatic carbocycles. The first kappa shape index (κ1) is 35.9. The molecule has 0 aliphatic carbocycles. The number of hydrogen-bond donors (Lipinski definition) is 0. The van der Waals surface area contributed by atoms with E-state index in [2.05, 4.69) is 250 Å². The maximum atomic E-state index is 2.51. The van der Waals surface area contributed by atoms with Crippen molar-refractivity contribution in [3.05, 3.63) is 237 Å². The lowest BCUT2D eigenvalue weighted by molar-refractivity contribution is 1.28. The molecule has 302 valence electrons. The number of anilines is 3. The van der Waals surface area contributed by atoms with Gasteiger partial charge >= 0.3 is 0 Å². The van der Waals surface area contributed by atoms with Gasteiger partial charge in [0, 0.05) is 38.5 Å². The monoisotopic (exact) mass is 825 g/mol. The van der Waals surface area contributed by atoms with E-state index >= 15 is 0 Å². The van der Waals surface area contributed by atoms with Gasteiger partial charge in [0.05, 0.1) is 27.8 Å². The quantitative estimate of drug-likeness (QED) is 0.163. The number of rotatable bonds is 6. The number of nitrogens with zero attached hydrogens (tertiary/aromatic N) is 3. The molecular formula is C62H39N3. The molecule has 0 bridgehead atoms. The van der Waals surface area contributed by atoms with Crippen molar-refractivity contribution >= 4 is 93.3 Å². The molecule has 3 nitrogen and oxygen atoms in total. The van der Waals surface area contributed by atoms with E-state index in [1.807, 2.05) is 0 Å². The second kappa shape index (κ2) is 13.9. The molecule has 0 N–H and O–H groups in total. The molecule has 0 fully saturated rings. The molecule has 65 heavy (non-hydrogen) atoms. The van der Waals surface area contributed by atoms with Crippen LogP contribution in [0, 0.1) is 0 Å². The number of para-hydroxylation sites is 3. The molecule has 3 heterocycles. The third-order valence-electron chi connectivity index (χ3n) is 13.8. The summed E-state index contributed by atoms with van der Waals surface area (Å²) in [5.41, 5.74) is 16.7. The Morgan fingerprint density at radius 3 is 1.32 bits per heavy atom. The molecule has 14 rings (SSSR count). The van der Waals surface area contributed by atoms with E-state index in [9.17, 15) is 0 Å². The largest absolute Gasteiger partial charge is 0.310 e. The molecule has 0 saturated carbocycles. The Morgan fingerprint density at radius 2 is 0.723 bits per heavy atom. The first-order valence-electron chi connectivity index (χ1n) is 22.4. The van der Waals surface area contributed by atoms with Crippen LogP contribution in [0.3, 0.4) is 0 Å². The van der Waals surface area contributed by atoms with Crippen LogP contribution in [0.25, 0.3) is 110 Å². The van der Waals surface area contributed by atoms with E-state index in [4.69, 9.17) is 0 Å². The molecule has 14 aromatic rings. The SMILES string of the molecule is c1ccc2c(-c3ccc(N(c4ccc(-c5cccc6ccccc56)cc4)c4ccc(-c5cccc6c5n5c7ccccc7c7c8ccccc8n6c75)c5ccccc45)cc3)cccc2c1. The predicted octanol–water partition coefficient (Wildman–Crippen LogP) is 17.0. The Bertz CT molecular complexity index is 4030. The first-order valence-corrected chi connectivity index (χ1v) is 22.4. The summed E-state index contributed by atoms with van der Waals surface area (Å²) in [6.45, 7) is 0. The normalized spacial score (nSPS) is 12.0. The molecule has 0 aliphatic heterocycles. The minimum absolute atomic E-state index is 1.10. The number of fused-ring (bicyclic) bond motifs is 12. The van der Waals surface area contributed by atoms with Crippen LogP contribution in [0.1, 0.15) is 0 Å². The zero-order valence-corrected chi connectivity index (χ0v) is 35.4. The summed E-state index contributed by atoms with van der Waals surface area (Å²) in [6.07, 6.45) is 0. The fourth-order valence-electron chi connectivity index (χ4n) is 11.0. The standard InChI is InChI=1S/C62H39N3/c1-3-18-46-40(14-1)16-11-24-48(46)42-30-34-44(35-31-42)63(45-36-32-43(33-37-45)49-25-12-17-41-15-2-4-19-47(41)49)58-39-38-51(50-20-5-6-21-52(50)58)53-26-13-29-59-61(53)65-57-28-10-8-23-55(57)60-54-22-7-9-27-56(54)64(59)62(60)65/h1-39H. The fourth-order valence-corrected chi connectivity index (χ4v) is 11.0. The van der Waals surface area contributed by atoms with Crippen LogP contribution in [-0.4, -0.2) is 8.80 Å². The lowest BCUT2D eigenvalue weighted by atomic mass is 9.94. The number of aromatic nitrogens is 2. The van der Waals surface area contributed by atoms with Crippen molar-refractivity contribution in [2.75, 3.05) is 4.90 Å². The van der Waals surface area contributed by atoms with Crippen molar-refractivity contribution in [1.82, 2.24) is 8.80 Å². The van der Waals surface area contributed by atoms with Gasteiger partial charge < -0.3 is 4.90 Å². The van der Waals surface area contributed by atoms with E-state index < -0.39 is 0 Å². The Morgan fingerprint density at radius 1 is 0.277 bits per heavy atom. The molecule has 0 unspecified atom stereocenters. The summed E-state index contributed by atoms with van der Waals surface area (Å²) in [5, 5.41) is 11.3. The minimum Gasteiger partial charge on any atom is -0.310 e. The van der Waals surface area contributed by atoms with Gasteiger partial charge in [0.15, 0.2) is 0 Å². The van der Waals surface area contributed by atoms with Crippen LogP contribution in [0.4, 0.5) is 17.1 Å². The number of benzene rings is 11. The van der Waals surface area contributed by atoms with Crippen LogP contribution in [-0.2, 0) is 0 Å². The topological polar surface area (TPSA) is 12.1 Å². The summed E-state index contributed by atoms with van der Waals surface area (Å²) in [7, 11) is 0. The van der Waals surface area contributed by atoms with Crippen molar-refractivity contribution in [3.8, 4) is 33.4 Å². The van der Waals surface area contributed by atoms with Gasteiger partial charge in [-0.2, -0.15) is 0 Å². The van der Waals surface area contributed by atoms with Crippen molar-refractivity contribution in [3.63, 3.8) is 0 Å². The van der Waals surface area contributed by atoms with Gasteiger partial charge in [-0.15, -0.1) is 0 Å². The van der Waals surface area contributed by atoms with Crippen molar-refractivity contribution in [1.29, 1.82) is 0 Å². The second-order valence-corrected chi connectivity index (χ2v) is 17.2. The number of hydrogen-bond acceptors (Lipinski definition) is 1. The smallest absolute Gasteiger partial charge is 0.131 e. The molecule has 0 atom stereocenters. The highest BCUT2D eigenvalue weighted by Gasteiger charge is 2.25. The Balaban J connectivity index is 0.975. The third-order valence-corrected chi connectivity index (χ3v) is 13.8. The first-order chi connectivity index (χ1) is 32.3. The maximum absolute atomic E-state index is 2.51. The van der Waals surface area contributed by atoms with Gasteiger partial charge in [0.25, 0.3) is 0 Å². The van der Waals surface area contributed by atoms with Crippen LogP contribution in [0.2, 0.25) is 0 Å². The van der Waals surface area contributed by atoms with Gasteiger partial charge in [0.1, 0.15) is 5.65 Å². The summed E-state index contributed by atoms with van der Waals surface area (Å²) < 4.78 is 4.99. The molecule has 3 heteroatoms. The van der Waals surface area contributed by atoms with Crippen LogP contribution < -0.4 is 4.90 Å². The minimum atomic E-state index is 1.10. The molecule has 3 aromatic heterocycles. The molecular weight excluding hydrogens is 787 g/mol. The summed E-state index contributed by atoms with van der Waals surface area (Å²) in [5.74, 6) is 0. The van der Waals surface area contributed by atoms with Crippen LogP contribution >= 0.6 is 0 Å². The highest BCUT2D eigenvalue weighted by Crippen LogP contribution is 2.47. The average Bonchev–Trinajstić information content (AvgIpc) is 4.02. The number of imidazole rings is 1. The van der Waals surface area contributed by atoms with E-state index in [0.29, 0.717) is 0 Å². The lowest BCUT2D eigenvalue weighted by Crippen LogP contribution is -2.10. The molecule has 0 saturated heterocycles. The van der Waals surface area contributed by atoms with E-state index in [0.717, 1.165) is 17.1 Å². The Kier molecular flexibility index (Phi) is 7.69. The van der Waals surface area contributed by atoms with E-state index in [1.165, 1.54) is 110 Å². The summed E-state index contributed by atoms with van der Waals surface area (Å²) >= 11 is 0. The van der Waals surface area contributed by atoms with Crippen molar-refractivity contribution in [2.45, 2.75) is 0 Å². The van der Waals surface area contributed by atoms with Gasteiger partial charge in [-0.3, -0.25) is 8.80 Å². The third kappa shape index (κ3) is 5.24. The van der Waals surface area contributed by atoms with E-state index in [-0.39, 0.29) is 0 Å². The van der Waals surface area contributed by atoms with Gasteiger partial charge in [0.2, 0.25) is 0 Å². The molecule has 0 spiro atoms. The summed E-state index contributed by atoms with van der Waals surface area (Å²) in [4.78, 5) is 2.43. The molecule has 0 aliphatic rings. The Labute approximate surface area is 375 Å². The predicted molar refractivity (Wildman–Crippen MR) is 276 cm³/mol.